The van der Waals surface area contributed by atoms with E-state index in [0.717, 1.165) is 12.8 Å². The molecule has 1 aromatic carbocycles. The topological polar surface area (TPSA) is 95.6 Å². The lowest BCUT2D eigenvalue weighted by molar-refractivity contribution is 0.0943. The first-order valence-corrected chi connectivity index (χ1v) is 6.08. The van der Waals surface area contributed by atoms with Crippen LogP contribution in [0.15, 0.2) is 18.2 Å². The molecule has 18 heavy (non-hydrogen) atoms. The lowest BCUT2D eigenvalue weighted by Crippen LogP contribution is -2.30. The number of hydrogen-bond donors (Lipinski definition) is 4. The molecular weight excluding hydrogens is 232 g/mol. The molecule has 0 aromatic heterocycles. The minimum atomic E-state index is -0.390. The number of carbonyl (C=O) groups is 1. The van der Waals surface area contributed by atoms with Crippen molar-refractivity contribution in [2.45, 2.75) is 19.8 Å². The van der Waals surface area contributed by atoms with Crippen LogP contribution in [0, 0.1) is 5.92 Å². The van der Waals surface area contributed by atoms with Gasteiger partial charge in [-0.05, 0) is 37.1 Å². The Morgan fingerprint density at radius 2 is 2.17 bits per heavy atom. The van der Waals surface area contributed by atoms with Crippen molar-refractivity contribution in [3.8, 4) is 11.5 Å². The highest BCUT2D eigenvalue weighted by molar-refractivity contribution is 5.97. The van der Waals surface area contributed by atoms with Gasteiger partial charge in [-0.3, -0.25) is 4.79 Å². The highest BCUT2D eigenvalue weighted by Crippen LogP contribution is 2.21. The number of hydrogen-bond acceptors (Lipinski definition) is 4. The number of amides is 1. The molecule has 0 bridgehead atoms. The van der Waals surface area contributed by atoms with Gasteiger partial charge in [-0.15, -0.1) is 0 Å². The van der Waals surface area contributed by atoms with Crippen molar-refractivity contribution in [3.05, 3.63) is 23.8 Å². The summed E-state index contributed by atoms with van der Waals surface area (Å²) >= 11 is 0. The van der Waals surface area contributed by atoms with Gasteiger partial charge in [-0.1, -0.05) is 13.3 Å². The molecule has 0 saturated carbocycles. The standard InChI is InChI=1S/C13H20N2O3/c1-2-9(5-6-14)8-15-13(18)11-7-10(16)3-4-12(11)17/h3-4,7,9,16-17H,2,5-6,8,14H2,1H3,(H,15,18). The van der Waals surface area contributed by atoms with E-state index in [4.69, 9.17) is 5.73 Å². The van der Waals surface area contributed by atoms with Crippen LogP contribution in [0.1, 0.15) is 30.1 Å². The van der Waals surface area contributed by atoms with Crippen molar-refractivity contribution < 1.29 is 15.0 Å². The van der Waals surface area contributed by atoms with Gasteiger partial charge in [0.15, 0.2) is 0 Å². The molecular formula is C13H20N2O3. The van der Waals surface area contributed by atoms with E-state index in [0.29, 0.717) is 19.0 Å². The second-order valence-corrected chi connectivity index (χ2v) is 4.26. The van der Waals surface area contributed by atoms with Crippen LogP contribution in [0.25, 0.3) is 0 Å². The van der Waals surface area contributed by atoms with Crippen LogP contribution in [0.4, 0.5) is 0 Å². The van der Waals surface area contributed by atoms with Crippen LogP contribution < -0.4 is 11.1 Å². The third kappa shape index (κ3) is 3.92. The summed E-state index contributed by atoms with van der Waals surface area (Å²) in [6, 6.07) is 3.87. The fourth-order valence-electron chi connectivity index (χ4n) is 1.72. The summed E-state index contributed by atoms with van der Waals surface area (Å²) in [6.07, 6.45) is 1.78. The van der Waals surface area contributed by atoms with E-state index >= 15 is 0 Å². The van der Waals surface area contributed by atoms with Gasteiger partial charge >= 0.3 is 0 Å². The molecule has 5 N–H and O–H groups in total. The largest absolute Gasteiger partial charge is 0.508 e. The molecule has 5 nitrogen and oxygen atoms in total. The zero-order valence-electron chi connectivity index (χ0n) is 10.5. The Morgan fingerprint density at radius 3 is 2.78 bits per heavy atom. The number of nitrogens with two attached hydrogens (primary N) is 1. The van der Waals surface area contributed by atoms with E-state index in [1.54, 1.807) is 0 Å². The van der Waals surface area contributed by atoms with Crippen molar-refractivity contribution in [1.82, 2.24) is 5.32 Å². The molecule has 1 atom stereocenters. The average molecular weight is 252 g/mol. The predicted octanol–water partition coefficient (Wildman–Crippen LogP) is 1.20. The fourth-order valence-corrected chi connectivity index (χ4v) is 1.72. The lowest BCUT2D eigenvalue weighted by atomic mass is 10.0. The lowest BCUT2D eigenvalue weighted by Gasteiger charge is -2.15. The van der Waals surface area contributed by atoms with Crippen LogP contribution in [0.3, 0.4) is 0 Å². The SMILES string of the molecule is CCC(CCN)CNC(=O)c1cc(O)ccc1O. The van der Waals surface area contributed by atoms with Crippen LogP contribution in [-0.2, 0) is 0 Å². The van der Waals surface area contributed by atoms with E-state index < -0.39 is 0 Å². The molecule has 100 valence electrons. The molecule has 0 saturated heterocycles. The molecule has 1 aromatic rings. The zero-order chi connectivity index (χ0) is 13.5. The summed E-state index contributed by atoms with van der Waals surface area (Å²) in [6.45, 7) is 3.14. The Hall–Kier alpha value is -1.75. The normalized spacial score (nSPS) is 12.1. The van der Waals surface area contributed by atoms with Gasteiger partial charge in [-0.2, -0.15) is 0 Å². The predicted molar refractivity (Wildman–Crippen MR) is 69.6 cm³/mol. The van der Waals surface area contributed by atoms with Crippen LogP contribution in [0.2, 0.25) is 0 Å². The Bertz CT molecular complexity index is 407. The van der Waals surface area contributed by atoms with Gasteiger partial charge in [0.2, 0.25) is 0 Å². The first kappa shape index (κ1) is 14.3. The number of carbonyl (C=O) groups excluding carboxylic acids is 1. The van der Waals surface area contributed by atoms with E-state index in [-0.39, 0.29) is 23.0 Å². The first-order valence-electron chi connectivity index (χ1n) is 6.08. The number of rotatable bonds is 6. The summed E-state index contributed by atoms with van der Waals surface area (Å²) < 4.78 is 0. The van der Waals surface area contributed by atoms with Gasteiger partial charge in [0.25, 0.3) is 5.91 Å². The second kappa shape index (κ2) is 6.86. The number of benzene rings is 1. The molecule has 0 spiro atoms. The summed E-state index contributed by atoms with van der Waals surface area (Å²) in [7, 11) is 0. The third-order valence-electron chi connectivity index (χ3n) is 2.93. The second-order valence-electron chi connectivity index (χ2n) is 4.26. The number of phenolic OH excluding ortho intramolecular Hbond substituents is 2. The molecule has 0 fully saturated rings. The Labute approximate surface area is 107 Å². The zero-order valence-corrected chi connectivity index (χ0v) is 10.5. The number of phenols is 2. The van der Waals surface area contributed by atoms with Crippen molar-refractivity contribution in [3.63, 3.8) is 0 Å². The quantitative estimate of drug-likeness (QED) is 0.572. The van der Waals surface area contributed by atoms with Crippen molar-refractivity contribution in [2.75, 3.05) is 13.1 Å². The highest BCUT2D eigenvalue weighted by atomic mass is 16.3. The highest BCUT2D eigenvalue weighted by Gasteiger charge is 2.13. The number of aromatic hydroxyl groups is 2. The molecule has 0 aliphatic rings. The summed E-state index contributed by atoms with van der Waals surface area (Å²) in [5, 5.41) is 21.6. The molecule has 0 aliphatic carbocycles. The molecule has 0 heterocycles. The molecule has 1 amide bonds. The maximum atomic E-state index is 11.8. The van der Waals surface area contributed by atoms with Crippen LogP contribution in [-0.4, -0.2) is 29.2 Å². The van der Waals surface area contributed by atoms with Crippen LogP contribution >= 0.6 is 0 Å². The maximum absolute atomic E-state index is 11.8. The van der Waals surface area contributed by atoms with Gasteiger partial charge in [0, 0.05) is 6.54 Å². The molecule has 1 rings (SSSR count). The smallest absolute Gasteiger partial charge is 0.255 e. The molecule has 1 unspecified atom stereocenters. The first-order chi connectivity index (χ1) is 8.58. The molecule has 0 aliphatic heterocycles. The molecule has 0 radical (unpaired) electrons. The summed E-state index contributed by atoms with van der Waals surface area (Å²) in [4.78, 5) is 11.8. The van der Waals surface area contributed by atoms with Gasteiger partial charge in [-0.25, -0.2) is 0 Å². The minimum absolute atomic E-state index is 0.0491. The number of nitrogens with one attached hydrogen (secondary N) is 1. The Balaban J connectivity index is 2.62. The van der Waals surface area contributed by atoms with Gasteiger partial charge in [0.1, 0.15) is 11.5 Å². The van der Waals surface area contributed by atoms with E-state index in [2.05, 4.69) is 5.32 Å². The van der Waals surface area contributed by atoms with Gasteiger partial charge in [0.05, 0.1) is 5.56 Å². The fraction of sp³-hybridized carbons (Fsp3) is 0.462. The van der Waals surface area contributed by atoms with E-state index in [1.165, 1.54) is 18.2 Å². The minimum Gasteiger partial charge on any atom is -0.508 e. The van der Waals surface area contributed by atoms with Crippen molar-refractivity contribution >= 4 is 5.91 Å². The Kier molecular flexibility index (Phi) is 5.45. The summed E-state index contributed by atoms with van der Waals surface area (Å²) in [5.41, 5.74) is 5.56. The Morgan fingerprint density at radius 1 is 1.44 bits per heavy atom. The monoisotopic (exact) mass is 252 g/mol. The van der Waals surface area contributed by atoms with E-state index in [9.17, 15) is 15.0 Å². The third-order valence-corrected chi connectivity index (χ3v) is 2.93. The van der Waals surface area contributed by atoms with Crippen molar-refractivity contribution in [1.29, 1.82) is 0 Å². The van der Waals surface area contributed by atoms with Crippen LogP contribution in [0.5, 0.6) is 11.5 Å². The molecule has 5 heteroatoms. The maximum Gasteiger partial charge on any atom is 0.255 e. The van der Waals surface area contributed by atoms with Crippen molar-refractivity contribution in [2.24, 2.45) is 11.7 Å². The summed E-state index contributed by atoms with van der Waals surface area (Å²) in [5.74, 6) is -0.249. The van der Waals surface area contributed by atoms with Gasteiger partial charge < -0.3 is 21.3 Å². The average Bonchev–Trinajstić information content (AvgIpc) is 2.37. The van der Waals surface area contributed by atoms with E-state index in [1.807, 2.05) is 6.92 Å².